The number of aliphatic hydroxyl groups excluding tert-OH is 1. The number of ether oxygens (including phenoxy) is 4. The lowest BCUT2D eigenvalue weighted by Crippen LogP contribution is -2.30. The highest BCUT2D eigenvalue weighted by Crippen LogP contribution is 2.45. The van der Waals surface area contributed by atoms with Gasteiger partial charge in [0.1, 0.15) is 19.3 Å². The first kappa shape index (κ1) is 84.1. The quantitative estimate of drug-likeness (QED) is 0.0222. The summed E-state index contributed by atoms with van der Waals surface area (Å²) in [5, 5.41) is 10.6. The van der Waals surface area contributed by atoms with Crippen molar-refractivity contribution in [1.29, 1.82) is 0 Å². The van der Waals surface area contributed by atoms with Gasteiger partial charge in [-0.2, -0.15) is 0 Å². The van der Waals surface area contributed by atoms with Gasteiger partial charge in [-0.3, -0.25) is 37.3 Å². The van der Waals surface area contributed by atoms with Crippen molar-refractivity contribution >= 4 is 39.5 Å². The van der Waals surface area contributed by atoms with Crippen molar-refractivity contribution in [3.63, 3.8) is 0 Å². The van der Waals surface area contributed by atoms with Crippen molar-refractivity contribution in [3.05, 3.63) is 0 Å². The normalized spacial score (nSPS) is 14.7. The third kappa shape index (κ3) is 59.7. The number of carbonyl (C=O) groups is 4. The molecule has 0 heterocycles. The van der Waals surface area contributed by atoms with E-state index in [1.54, 1.807) is 0 Å². The van der Waals surface area contributed by atoms with Crippen molar-refractivity contribution < 1.29 is 80.2 Å². The summed E-state index contributed by atoms with van der Waals surface area (Å²) < 4.78 is 68.1. The van der Waals surface area contributed by atoms with Gasteiger partial charge in [0, 0.05) is 25.7 Å². The van der Waals surface area contributed by atoms with Crippen LogP contribution in [-0.4, -0.2) is 96.7 Å². The number of rotatable bonds is 64. The first-order valence-corrected chi connectivity index (χ1v) is 37.7. The molecule has 0 radical (unpaired) electrons. The fraction of sp³-hybridized carbons (Fsp3) is 0.940. The van der Waals surface area contributed by atoms with Crippen LogP contribution in [-0.2, 0) is 65.4 Å². The Bertz CT molecular complexity index is 1720. The Morgan fingerprint density at radius 2 is 0.558 bits per heavy atom. The van der Waals surface area contributed by atoms with E-state index in [9.17, 15) is 43.2 Å². The summed E-state index contributed by atoms with van der Waals surface area (Å²) in [5.74, 6) is 0.799. The topological polar surface area (TPSA) is 237 Å². The zero-order valence-electron chi connectivity index (χ0n) is 55.9. The summed E-state index contributed by atoms with van der Waals surface area (Å²) in [6, 6.07) is 0. The summed E-state index contributed by atoms with van der Waals surface area (Å²) in [4.78, 5) is 72.4. The zero-order valence-corrected chi connectivity index (χ0v) is 57.7. The van der Waals surface area contributed by atoms with Gasteiger partial charge in [-0.05, 0) is 49.4 Å². The highest BCUT2D eigenvalue weighted by molar-refractivity contribution is 7.47. The standard InChI is InChI=1S/C67H130O17P2/c1-9-60(8)46-38-30-25-26-32-40-48-65(70)78-54-63(83-66(71)49-41-33-23-16-12-10-11-14-19-27-35-43-57(2)3)56-82-86(75,76)80-52-61(68)51-79-85(73,74)81-55-62(84-67(72)50-42-34-24-18-21-29-37-45-59(6)7)53-77-64(69)47-39-31-22-17-13-15-20-28-36-44-58(4)5/h57-63,68H,9-56H2,1-8H3,(H,73,74)(H,75,76)/t60?,61-,62-,63-/m1/s1. The number of esters is 4. The highest BCUT2D eigenvalue weighted by atomic mass is 31.2. The maximum atomic E-state index is 13.0. The van der Waals surface area contributed by atoms with Gasteiger partial charge in [0.2, 0.25) is 0 Å². The van der Waals surface area contributed by atoms with Crippen LogP contribution < -0.4 is 0 Å². The van der Waals surface area contributed by atoms with Crippen LogP contribution >= 0.6 is 15.6 Å². The summed E-state index contributed by atoms with van der Waals surface area (Å²) >= 11 is 0. The molecule has 0 rings (SSSR count). The average Bonchev–Trinajstić information content (AvgIpc) is 3.68. The molecule has 0 fully saturated rings. The van der Waals surface area contributed by atoms with Gasteiger partial charge in [-0.1, -0.05) is 274 Å². The second kappa shape index (κ2) is 57.0. The highest BCUT2D eigenvalue weighted by Gasteiger charge is 2.30. The van der Waals surface area contributed by atoms with Gasteiger partial charge in [-0.15, -0.1) is 0 Å². The van der Waals surface area contributed by atoms with Gasteiger partial charge in [0.15, 0.2) is 12.2 Å². The molecule has 0 aliphatic rings. The lowest BCUT2D eigenvalue weighted by Gasteiger charge is -2.21. The van der Waals surface area contributed by atoms with Crippen molar-refractivity contribution in [2.45, 2.75) is 343 Å². The Labute approximate surface area is 524 Å². The van der Waals surface area contributed by atoms with E-state index in [0.717, 1.165) is 114 Å². The Morgan fingerprint density at radius 1 is 0.326 bits per heavy atom. The molecule has 0 aliphatic carbocycles. The molecular weight excluding hydrogens is 1140 g/mol. The van der Waals surface area contributed by atoms with E-state index in [-0.39, 0.29) is 25.7 Å². The molecule has 6 atom stereocenters. The SMILES string of the molecule is CCC(C)CCCCCCCCC(=O)OC[C@H](COP(=O)(O)OC[C@H](O)COP(=O)(O)OC[C@@H](COC(=O)CCCCCCCCCCCC(C)C)OC(=O)CCCCCCCCCC(C)C)OC(=O)CCCCCCCCCCCCCC(C)C. The summed E-state index contributed by atoms with van der Waals surface area (Å²) in [6.45, 7) is 14.0. The molecule has 0 bridgehead atoms. The van der Waals surface area contributed by atoms with E-state index in [1.807, 2.05) is 0 Å². The van der Waals surface area contributed by atoms with Crippen LogP contribution in [0.5, 0.6) is 0 Å². The second-order valence-electron chi connectivity index (χ2n) is 25.9. The van der Waals surface area contributed by atoms with E-state index < -0.39 is 97.5 Å². The average molecular weight is 1270 g/mol. The number of hydrogen-bond donors (Lipinski definition) is 3. The maximum Gasteiger partial charge on any atom is 0.472 e. The molecule has 0 aromatic carbocycles. The van der Waals surface area contributed by atoms with Crippen molar-refractivity contribution in [1.82, 2.24) is 0 Å². The predicted molar refractivity (Wildman–Crippen MR) is 344 cm³/mol. The molecule has 0 amide bonds. The molecule has 0 spiro atoms. The number of aliphatic hydroxyl groups is 1. The molecule has 3 N–H and O–H groups in total. The van der Waals surface area contributed by atoms with Crippen molar-refractivity contribution in [2.75, 3.05) is 39.6 Å². The zero-order chi connectivity index (χ0) is 63.9. The Hall–Kier alpha value is -1.94. The Balaban J connectivity index is 5.25. The summed E-state index contributed by atoms with van der Waals surface area (Å²) in [7, 11) is -9.90. The first-order valence-electron chi connectivity index (χ1n) is 34.7. The fourth-order valence-corrected chi connectivity index (χ4v) is 11.5. The Morgan fingerprint density at radius 3 is 0.826 bits per heavy atom. The molecule has 86 heavy (non-hydrogen) atoms. The third-order valence-corrected chi connectivity index (χ3v) is 17.6. The molecule has 0 aliphatic heterocycles. The molecular formula is C67H130O17P2. The monoisotopic (exact) mass is 1270 g/mol. The molecule has 19 heteroatoms. The van der Waals surface area contributed by atoms with Gasteiger partial charge in [0.05, 0.1) is 26.4 Å². The van der Waals surface area contributed by atoms with Crippen molar-refractivity contribution in [3.8, 4) is 0 Å². The van der Waals surface area contributed by atoms with Gasteiger partial charge in [-0.25, -0.2) is 9.13 Å². The number of phosphoric ester groups is 2. The Kier molecular flexibility index (Phi) is 55.7. The van der Waals surface area contributed by atoms with Gasteiger partial charge >= 0.3 is 39.5 Å². The van der Waals surface area contributed by atoms with Gasteiger partial charge < -0.3 is 33.8 Å². The molecule has 17 nitrogen and oxygen atoms in total. The van der Waals surface area contributed by atoms with Crippen LogP contribution in [0.15, 0.2) is 0 Å². The van der Waals surface area contributed by atoms with Crippen LogP contribution in [0.25, 0.3) is 0 Å². The van der Waals surface area contributed by atoms with E-state index in [0.29, 0.717) is 31.6 Å². The predicted octanol–water partition coefficient (Wildman–Crippen LogP) is 18.5. The summed E-state index contributed by atoms with van der Waals surface area (Å²) in [6.07, 6.45) is 37.7. The van der Waals surface area contributed by atoms with Crippen LogP contribution in [0.3, 0.4) is 0 Å². The molecule has 0 saturated carbocycles. The lowest BCUT2D eigenvalue weighted by molar-refractivity contribution is -0.161. The number of carbonyl (C=O) groups excluding carboxylic acids is 4. The van der Waals surface area contributed by atoms with E-state index >= 15 is 0 Å². The van der Waals surface area contributed by atoms with Crippen LogP contribution in [0.1, 0.15) is 325 Å². The van der Waals surface area contributed by atoms with E-state index in [4.69, 9.17) is 37.0 Å². The number of unbranched alkanes of at least 4 members (excludes halogenated alkanes) is 29. The molecule has 3 unspecified atom stereocenters. The lowest BCUT2D eigenvalue weighted by atomic mass is 10.00. The number of hydrogen-bond acceptors (Lipinski definition) is 15. The number of phosphoric acid groups is 2. The van der Waals surface area contributed by atoms with Crippen LogP contribution in [0.4, 0.5) is 0 Å². The molecule has 0 aromatic heterocycles. The van der Waals surface area contributed by atoms with Crippen LogP contribution in [0, 0.1) is 23.7 Å². The first-order chi connectivity index (χ1) is 41.1. The largest absolute Gasteiger partial charge is 0.472 e. The van der Waals surface area contributed by atoms with E-state index in [1.165, 1.54) is 122 Å². The summed E-state index contributed by atoms with van der Waals surface area (Å²) in [5.41, 5.74) is 0. The smallest absolute Gasteiger partial charge is 0.462 e. The van der Waals surface area contributed by atoms with Crippen LogP contribution in [0.2, 0.25) is 0 Å². The second-order valence-corrected chi connectivity index (χ2v) is 28.8. The minimum Gasteiger partial charge on any atom is -0.462 e. The van der Waals surface area contributed by atoms with Gasteiger partial charge in [0.25, 0.3) is 0 Å². The molecule has 0 aromatic rings. The minimum absolute atomic E-state index is 0.102. The minimum atomic E-state index is -4.95. The molecule has 0 saturated heterocycles. The third-order valence-electron chi connectivity index (χ3n) is 15.7. The maximum absolute atomic E-state index is 13.0. The molecule has 510 valence electrons. The fourth-order valence-electron chi connectivity index (χ4n) is 9.93. The van der Waals surface area contributed by atoms with Crippen molar-refractivity contribution in [2.24, 2.45) is 23.7 Å². The van der Waals surface area contributed by atoms with E-state index in [2.05, 4.69) is 55.4 Å².